The largest absolute Gasteiger partial charge is 0.467 e. The van der Waals surface area contributed by atoms with Crippen molar-refractivity contribution in [1.82, 2.24) is 15.2 Å². The number of ether oxygens (including phenoxy) is 1. The number of pyridine rings is 1. The Kier molecular flexibility index (Phi) is 4.58. The lowest BCUT2D eigenvalue weighted by Crippen LogP contribution is -2.06. The maximum atomic E-state index is 13.6. The van der Waals surface area contributed by atoms with E-state index in [1.807, 2.05) is 0 Å². The van der Waals surface area contributed by atoms with E-state index in [0.29, 0.717) is 12.3 Å². The molecule has 0 atom stereocenters. The molecule has 0 aliphatic carbocycles. The maximum absolute atomic E-state index is 13.6. The molecule has 0 radical (unpaired) electrons. The fourth-order valence-corrected chi connectivity index (χ4v) is 2.09. The molecule has 1 aromatic carbocycles. The highest BCUT2D eigenvalue weighted by Crippen LogP contribution is 2.33. The molecule has 0 aliphatic rings. The number of hydrogen-bond acceptors (Lipinski definition) is 5. The van der Waals surface area contributed by atoms with Crippen molar-refractivity contribution < 1.29 is 26.7 Å². The Hall–Kier alpha value is -2.68. The van der Waals surface area contributed by atoms with Gasteiger partial charge in [-0.05, 0) is 18.2 Å². The van der Waals surface area contributed by atoms with E-state index in [1.54, 1.807) is 6.07 Å². The van der Waals surface area contributed by atoms with Crippen LogP contribution in [0.15, 0.2) is 40.9 Å². The van der Waals surface area contributed by atoms with Crippen molar-refractivity contribution in [3.8, 4) is 17.3 Å². The summed E-state index contributed by atoms with van der Waals surface area (Å²) in [7, 11) is 0. The third kappa shape index (κ3) is 3.87. The summed E-state index contributed by atoms with van der Waals surface area (Å²) in [5.74, 6) is -0.828. The summed E-state index contributed by atoms with van der Waals surface area (Å²) < 4.78 is 61.7. The molecular formula is C15H8ClF4N3O2. The molecule has 2 heterocycles. The summed E-state index contributed by atoms with van der Waals surface area (Å²) in [5.41, 5.74) is -0.878. The normalized spacial score (nSPS) is 11.6. The molecule has 0 saturated heterocycles. The van der Waals surface area contributed by atoms with Crippen LogP contribution < -0.4 is 4.74 Å². The van der Waals surface area contributed by atoms with Gasteiger partial charge in [-0.1, -0.05) is 23.7 Å². The van der Waals surface area contributed by atoms with Gasteiger partial charge in [-0.15, -0.1) is 10.2 Å². The first kappa shape index (κ1) is 17.2. The van der Waals surface area contributed by atoms with E-state index in [4.69, 9.17) is 20.8 Å². The molecule has 10 heteroatoms. The van der Waals surface area contributed by atoms with Gasteiger partial charge in [0.2, 0.25) is 5.88 Å². The molecule has 0 saturated carbocycles. The summed E-state index contributed by atoms with van der Waals surface area (Å²) in [6, 6.07) is 6.51. The van der Waals surface area contributed by atoms with Crippen molar-refractivity contribution in [2.24, 2.45) is 0 Å². The van der Waals surface area contributed by atoms with E-state index >= 15 is 0 Å². The Morgan fingerprint density at radius 2 is 1.92 bits per heavy atom. The summed E-state index contributed by atoms with van der Waals surface area (Å²) >= 11 is 5.72. The summed E-state index contributed by atoms with van der Waals surface area (Å²) in [4.78, 5) is 3.51. The number of nitrogens with zero attached hydrogens (tertiary/aromatic N) is 3. The minimum absolute atomic E-state index is 0.0176. The predicted molar refractivity (Wildman–Crippen MR) is 78.3 cm³/mol. The molecule has 0 bridgehead atoms. The van der Waals surface area contributed by atoms with Crippen molar-refractivity contribution in [2.75, 3.05) is 0 Å². The van der Waals surface area contributed by atoms with Crippen LogP contribution in [0, 0.1) is 5.82 Å². The van der Waals surface area contributed by atoms with Crippen LogP contribution in [0.3, 0.4) is 0 Å². The predicted octanol–water partition coefficient (Wildman–Crippen LogP) is 4.52. The van der Waals surface area contributed by atoms with E-state index in [9.17, 15) is 17.6 Å². The molecule has 0 N–H and O–H groups in total. The van der Waals surface area contributed by atoms with Gasteiger partial charge in [0.15, 0.2) is 6.61 Å². The Morgan fingerprint density at radius 3 is 2.60 bits per heavy atom. The van der Waals surface area contributed by atoms with Crippen LogP contribution in [0.5, 0.6) is 5.88 Å². The van der Waals surface area contributed by atoms with Crippen molar-refractivity contribution in [1.29, 1.82) is 0 Å². The van der Waals surface area contributed by atoms with Gasteiger partial charge >= 0.3 is 6.18 Å². The molecule has 5 nitrogen and oxygen atoms in total. The van der Waals surface area contributed by atoms with Crippen LogP contribution in [0.1, 0.15) is 11.5 Å². The molecule has 25 heavy (non-hydrogen) atoms. The maximum Gasteiger partial charge on any atom is 0.417 e. The smallest absolute Gasteiger partial charge is 0.417 e. The molecule has 0 aliphatic heterocycles. The van der Waals surface area contributed by atoms with Crippen molar-refractivity contribution in [3.05, 3.63) is 58.8 Å². The van der Waals surface area contributed by atoms with Gasteiger partial charge in [0.1, 0.15) is 10.8 Å². The number of hydrogen-bond donors (Lipinski definition) is 0. The highest BCUT2D eigenvalue weighted by atomic mass is 35.5. The number of rotatable bonds is 4. The van der Waals surface area contributed by atoms with E-state index in [-0.39, 0.29) is 34.9 Å². The zero-order valence-corrected chi connectivity index (χ0v) is 13.0. The lowest BCUT2D eigenvalue weighted by atomic mass is 10.2. The molecular weight excluding hydrogens is 366 g/mol. The first-order valence-corrected chi connectivity index (χ1v) is 7.15. The molecule has 0 fully saturated rings. The van der Waals surface area contributed by atoms with E-state index in [0.717, 1.165) is 0 Å². The van der Waals surface area contributed by atoms with Crippen LogP contribution >= 0.6 is 11.6 Å². The number of halogens is 5. The lowest BCUT2D eigenvalue weighted by Gasteiger charge is -2.09. The number of alkyl halides is 3. The number of aromatic nitrogens is 3. The first-order valence-electron chi connectivity index (χ1n) is 6.77. The molecule has 0 amide bonds. The zero-order valence-electron chi connectivity index (χ0n) is 12.2. The molecule has 3 rings (SSSR count). The lowest BCUT2D eigenvalue weighted by molar-refractivity contribution is -0.137. The van der Waals surface area contributed by atoms with E-state index in [1.165, 1.54) is 18.2 Å². The second kappa shape index (κ2) is 6.67. The monoisotopic (exact) mass is 373 g/mol. The molecule has 0 unspecified atom stereocenters. The first-order chi connectivity index (χ1) is 11.8. The fourth-order valence-electron chi connectivity index (χ4n) is 1.87. The number of benzene rings is 1. The average Bonchev–Trinajstić information content (AvgIpc) is 3.02. The zero-order chi connectivity index (χ0) is 18.0. The van der Waals surface area contributed by atoms with Crippen LogP contribution in [-0.4, -0.2) is 15.2 Å². The Bertz CT molecular complexity index is 898. The van der Waals surface area contributed by atoms with E-state index < -0.39 is 17.6 Å². The Morgan fingerprint density at radius 1 is 1.16 bits per heavy atom. The van der Waals surface area contributed by atoms with Gasteiger partial charge in [0.05, 0.1) is 11.1 Å². The van der Waals surface area contributed by atoms with Crippen molar-refractivity contribution in [2.45, 2.75) is 12.8 Å². The van der Waals surface area contributed by atoms with Crippen LogP contribution in [-0.2, 0) is 12.8 Å². The third-order valence-electron chi connectivity index (χ3n) is 3.04. The minimum atomic E-state index is -4.56. The quantitative estimate of drug-likeness (QED) is 0.629. The van der Waals surface area contributed by atoms with Crippen molar-refractivity contribution >= 4 is 11.6 Å². The van der Waals surface area contributed by atoms with Gasteiger partial charge in [-0.3, -0.25) is 0 Å². The molecule has 0 spiro atoms. The highest BCUT2D eigenvalue weighted by Gasteiger charge is 2.31. The Labute approximate surface area is 143 Å². The molecule has 130 valence electrons. The third-order valence-corrected chi connectivity index (χ3v) is 3.31. The summed E-state index contributed by atoms with van der Waals surface area (Å²) in [6.07, 6.45) is -3.96. The van der Waals surface area contributed by atoms with Gasteiger partial charge in [-0.25, -0.2) is 9.37 Å². The van der Waals surface area contributed by atoms with Gasteiger partial charge < -0.3 is 9.15 Å². The summed E-state index contributed by atoms with van der Waals surface area (Å²) in [5, 5.41) is 7.05. The van der Waals surface area contributed by atoms with Gasteiger partial charge in [0, 0.05) is 6.20 Å². The van der Waals surface area contributed by atoms with Gasteiger partial charge in [0.25, 0.3) is 11.8 Å². The second-order valence-electron chi connectivity index (χ2n) is 4.78. The summed E-state index contributed by atoms with van der Waals surface area (Å²) in [6.45, 7) is -0.292. The average molecular weight is 374 g/mol. The molecule has 2 aromatic heterocycles. The minimum Gasteiger partial charge on any atom is -0.467 e. The van der Waals surface area contributed by atoms with Crippen LogP contribution in [0.2, 0.25) is 5.02 Å². The Balaban J connectivity index is 1.72. The van der Waals surface area contributed by atoms with Crippen LogP contribution in [0.25, 0.3) is 11.5 Å². The standard InChI is InChI=1S/C15H8ClF4N3O2/c16-10-5-8(15(18,19)20)6-21-14(10)24-7-12-22-23-13(25-12)9-3-1-2-4-11(9)17/h1-6H,7H2. The van der Waals surface area contributed by atoms with Gasteiger partial charge in [-0.2, -0.15) is 13.2 Å². The second-order valence-corrected chi connectivity index (χ2v) is 5.19. The van der Waals surface area contributed by atoms with Crippen molar-refractivity contribution in [3.63, 3.8) is 0 Å². The topological polar surface area (TPSA) is 61.0 Å². The highest BCUT2D eigenvalue weighted by molar-refractivity contribution is 6.31. The van der Waals surface area contributed by atoms with Crippen LogP contribution in [0.4, 0.5) is 17.6 Å². The fraction of sp³-hybridized carbons (Fsp3) is 0.133. The molecule has 3 aromatic rings. The SMILES string of the molecule is Fc1ccccc1-c1nnc(COc2ncc(C(F)(F)F)cc2Cl)o1. The van der Waals surface area contributed by atoms with E-state index in [2.05, 4.69) is 15.2 Å².